The van der Waals surface area contributed by atoms with Gasteiger partial charge in [0.1, 0.15) is 17.3 Å². The number of benzene rings is 2. The molecule has 5 rings (SSSR count). The highest BCUT2D eigenvalue weighted by Crippen LogP contribution is 2.36. The fourth-order valence-electron chi connectivity index (χ4n) is 4.89. The molecule has 2 atom stereocenters. The zero-order valence-corrected chi connectivity index (χ0v) is 20.8. The van der Waals surface area contributed by atoms with E-state index in [9.17, 15) is 18.7 Å². The van der Waals surface area contributed by atoms with Gasteiger partial charge in [-0.05, 0) is 47.9 Å². The van der Waals surface area contributed by atoms with Crippen molar-refractivity contribution in [3.63, 3.8) is 0 Å². The summed E-state index contributed by atoms with van der Waals surface area (Å²) in [4.78, 5) is 31.2. The Morgan fingerprint density at radius 2 is 1.95 bits per heavy atom. The molecule has 4 aromatic rings. The Hall–Kier alpha value is -4.59. The summed E-state index contributed by atoms with van der Waals surface area (Å²) in [6.45, 7) is 7.87. The third-order valence-electron chi connectivity index (χ3n) is 6.76. The Morgan fingerprint density at radius 3 is 2.69 bits per heavy atom. The molecule has 10 heteroatoms. The second-order valence-corrected chi connectivity index (χ2v) is 9.29. The Morgan fingerprint density at radius 1 is 1.15 bits per heavy atom. The molecule has 0 spiro atoms. The van der Waals surface area contributed by atoms with Gasteiger partial charge in [0.05, 0.1) is 24.8 Å². The van der Waals surface area contributed by atoms with Gasteiger partial charge in [-0.15, -0.1) is 0 Å². The number of pyridine rings is 1. The van der Waals surface area contributed by atoms with Crippen LogP contribution in [0.2, 0.25) is 0 Å². The fourth-order valence-corrected chi connectivity index (χ4v) is 4.89. The van der Waals surface area contributed by atoms with Crippen molar-refractivity contribution >= 4 is 17.2 Å². The van der Waals surface area contributed by atoms with Gasteiger partial charge >= 0.3 is 0 Å². The summed E-state index contributed by atoms with van der Waals surface area (Å²) in [5.41, 5.74) is 8.98. The molecule has 0 saturated carbocycles. The van der Waals surface area contributed by atoms with Crippen LogP contribution in [-0.4, -0.2) is 51.1 Å². The highest BCUT2D eigenvalue weighted by Gasteiger charge is 2.31. The van der Waals surface area contributed by atoms with Gasteiger partial charge in [-0.3, -0.25) is 9.78 Å². The second kappa shape index (κ2) is 11.0. The lowest BCUT2D eigenvalue weighted by Crippen LogP contribution is -2.33. The van der Waals surface area contributed by atoms with Crippen molar-refractivity contribution in [2.75, 3.05) is 18.1 Å². The van der Waals surface area contributed by atoms with Crippen molar-refractivity contribution in [2.24, 2.45) is 5.73 Å². The summed E-state index contributed by atoms with van der Waals surface area (Å²) >= 11 is 0. The van der Waals surface area contributed by atoms with Gasteiger partial charge in [-0.1, -0.05) is 18.2 Å². The minimum Gasteiger partial charge on any atom is -0.394 e. The van der Waals surface area contributed by atoms with E-state index in [-0.39, 0.29) is 42.4 Å². The molecule has 8 nitrogen and oxygen atoms in total. The molecule has 39 heavy (non-hydrogen) atoms. The monoisotopic (exact) mass is 526 g/mol. The second-order valence-electron chi connectivity index (χ2n) is 9.29. The molecular formula is C29H24F2N6O2. The van der Waals surface area contributed by atoms with Crippen molar-refractivity contribution in [1.82, 2.24) is 15.0 Å². The smallest absolute Gasteiger partial charge is 0.197 e. The first-order valence-electron chi connectivity index (χ1n) is 12.3. The molecule has 0 bridgehead atoms. The lowest BCUT2D eigenvalue weighted by molar-refractivity contribution is 0.0988. The lowest BCUT2D eigenvalue weighted by Gasteiger charge is -2.28. The maximum Gasteiger partial charge on any atom is 0.197 e. The summed E-state index contributed by atoms with van der Waals surface area (Å²) < 4.78 is 28.6. The summed E-state index contributed by atoms with van der Waals surface area (Å²) in [7, 11) is 0. The Bertz CT molecular complexity index is 1570. The zero-order chi connectivity index (χ0) is 27.5. The van der Waals surface area contributed by atoms with Crippen molar-refractivity contribution in [3.05, 3.63) is 101 Å². The van der Waals surface area contributed by atoms with Crippen molar-refractivity contribution in [3.8, 4) is 22.5 Å². The Kier molecular flexibility index (Phi) is 7.36. The van der Waals surface area contributed by atoms with Crippen molar-refractivity contribution in [2.45, 2.75) is 24.9 Å². The number of nitrogens with two attached hydrogens (primary N) is 1. The van der Waals surface area contributed by atoms with Gasteiger partial charge < -0.3 is 15.7 Å². The molecule has 0 aliphatic carbocycles. The van der Waals surface area contributed by atoms with Crippen molar-refractivity contribution in [1.29, 1.82) is 0 Å². The van der Waals surface area contributed by atoms with E-state index in [4.69, 9.17) is 12.3 Å². The normalized spacial score (nSPS) is 16.7. The summed E-state index contributed by atoms with van der Waals surface area (Å²) in [6.07, 6.45) is 4.97. The van der Waals surface area contributed by atoms with E-state index in [1.54, 1.807) is 24.5 Å². The Labute approximate surface area is 223 Å². The number of aromatic nitrogens is 3. The molecule has 1 fully saturated rings. The van der Waals surface area contributed by atoms with Gasteiger partial charge in [0.25, 0.3) is 0 Å². The number of carbonyl (C=O) groups excluding carboxylic acids is 1. The SMILES string of the molecule is [C-]#[N+]c1ccncc1-c1ccc(CC(=O)c2ccnc(-c3c(F)cccc3F)n2)c(N2C[C@@H](N)C[C@H]2CO)c1. The standard InChI is InChI=1S/C29H24F2N6O2/c1-33-24-7-9-34-14-21(24)17-5-6-18(26(11-17)37-15-19(32)13-20(37)16-38)12-27(39)25-8-10-35-29(36-25)28-22(30)3-2-4-23(28)31/h2-11,14,19-20,38H,12-13,15-16,32H2/t19-,20-/m0/s1. The predicted molar refractivity (Wildman–Crippen MR) is 142 cm³/mol. The number of ketones is 1. The summed E-state index contributed by atoms with van der Waals surface area (Å²) in [5, 5.41) is 10.0. The number of rotatable bonds is 7. The van der Waals surface area contributed by atoms with Crippen LogP contribution in [0.3, 0.4) is 0 Å². The number of Topliss-reactive ketones (excluding diaryl/α,β-unsaturated/α-hetero) is 1. The number of anilines is 1. The van der Waals surface area contributed by atoms with Gasteiger partial charge in [-0.2, -0.15) is 0 Å². The molecule has 1 aliphatic rings. The molecule has 2 aromatic heterocycles. The number of halogens is 2. The molecule has 1 saturated heterocycles. The Balaban J connectivity index is 1.53. The number of aliphatic hydroxyl groups excluding tert-OH is 1. The van der Waals surface area contributed by atoms with Gasteiger partial charge in [0, 0.05) is 48.8 Å². The number of aliphatic hydroxyl groups is 1. The number of hydrogen-bond acceptors (Lipinski definition) is 7. The number of hydrogen-bond donors (Lipinski definition) is 2. The van der Waals surface area contributed by atoms with Crippen LogP contribution in [0.15, 0.2) is 67.1 Å². The van der Waals surface area contributed by atoms with E-state index in [2.05, 4.69) is 19.8 Å². The van der Waals surface area contributed by atoms with Crippen LogP contribution in [-0.2, 0) is 6.42 Å². The molecule has 0 amide bonds. The van der Waals surface area contributed by atoms with E-state index in [1.165, 1.54) is 18.3 Å². The largest absolute Gasteiger partial charge is 0.394 e. The maximum absolute atomic E-state index is 14.3. The molecule has 1 aliphatic heterocycles. The quantitative estimate of drug-likeness (QED) is 0.272. The van der Waals surface area contributed by atoms with E-state index in [0.717, 1.165) is 17.7 Å². The van der Waals surface area contributed by atoms with Gasteiger partial charge in [0.15, 0.2) is 17.3 Å². The third-order valence-corrected chi connectivity index (χ3v) is 6.76. The maximum atomic E-state index is 14.3. The van der Waals surface area contributed by atoms with Crippen LogP contribution in [0.1, 0.15) is 22.5 Å². The van der Waals surface area contributed by atoms with Gasteiger partial charge in [-0.25, -0.2) is 23.6 Å². The summed E-state index contributed by atoms with van der Waals surface area (Å²) in [6, 6.07) is 11.5. The molecular weight excluding hydrogens is 502 g/mol. The van der Waals surface area contributed by atoms with Crippen LogP contribution in [0, 0.1) is 18.2 Å². The third kappa shape index (κ3) is 5.23. The van der Waals surface area contributed by atoms with Crippen molar-refractivity contribution < 1.29 is 18.7 Å². The molecule has 2 aromatic carbocycles. The minimum atomic E-state index is -0.827. The predicted octanol–water partition coefficient (Wildman–Crippen LogP) is 4.36. The van der Waals surface area contributed by atoms with E-state index in [0.29, 0.717) is 35.5 Å². The van der Waals surface area contributed by atoms with Crippen LogP contribution in [0.25, 0.3) is 27.4 Å². The highest BCUT2D eigenvalue weighted by atomic mass is 19.1. The van der Waals surface area contributed by atoms with E-state index < -0.39 is 17.2 Å². The van der Waals surface area contributed by atoms with Crippen LogP contribution in [0.5, 0.6) is 0 Å². The molecule has 0 unspecified atom stereocenters. The van der Waals surface area contributed by atoms with E-state index >= 15 is 0 Å². The van der Waals surface area contributed by atoms with Crippen LogP contribution in [0.4, 0.5) is 20.2 Å². The molecule has 3 heterocycles. The van der Waals surface area contributed by atoms with Crippen LogP contribution < -0.4 is 10.6 Å². The minimum absolute atomic E-state index is 0.0112. The zero-order valence-electron chi connectivity index (χ0n) is 20.8. The fraction of sp³-hybridized carbons (Fsp3) is 0.207. The first-order chi connectivity index (χ1) is 18.9. The topological polar surface area (TPSA) is 110 Å². The first kappa shape index (κ1) is 26.0. The van der Waals surface area contributed by atoms with Crippen LogP contribution >= 0.6 is 0 Å². The molecule has 196 valence electrons. The van der Waals surface area contributed by atoms with E-state index in [1.807, 2.05) is 17.0 Å². The van der Waals surface area contributed by atoms with Gasteiger partial charge in [0.2, 0.25) is 0 Å². The molecule has 3 N–H and O–H groups in total. The first-order valence-corrected chi connectivity index (χ1v) is 12.3. The average Bonchev–Trinajstić information content (AvgIpc) is 3.33. The lowest BCUT2D eigenvalue weighted by atomic mass is 9.98. The number of nitrogens with zero attached hydrogens (tertiary/aromatic N) is 5. The highest BCUT2D eigenvalue weighted by molar-refractivity contribution is 5.97. The molecule has 0 radical (unpaired) electrons. The average molecular weight is 527 g/mol. The summed E-state index contributed by atoms with van der Waals surface area (Å²) in [5.74, 6) is -2.25. The number of carbonyl (C=O) groups is 1.